The molecular weight excluding hydrogens is 240 g/mol. The number of aromatic nitrogens is 1. The first kappa shape index (κ1) is 13.5. The molecule has 0 aliphatic rings. The van der Waals surface area contributed by atoms with E-state index >= 15 is 0 Å². The summed E-state index contributed by atoms with van der Waals surface area (Å²) in [5.74, 6) is 0. The maximum absolute atomic E-state index is 9.37. The van der Waals surface area contributed by atoms with Crippen molar-refractivity contribution in [1.82, 2.24) is 4.98 Å². The van der Waals surface area contributed by atoms with Gasteiger partial charge in [0, 0.05) is 36.7 Å². The molecule has 0 amide bonds. The zero-order valence-corrected chi connectivity index (χ0v) is 10.7. The summed E-state index contributed by atoms with van der Waals surface area (Å²) in [5, 5.41) is 18.6. The Kier molecular flexibility index (Phi) is 4.89. The van der Waals surface area contributed by atoms with E-state index in [0.29, 0.717) is 13.1 Å². The first-order valence-electron chi connectivity index (χ1n) is 6.28. The highest BCUT2D eigenvalue weighted by atomic mass is 16.3. The lowest BCUT2D eigenvalue weighted by Crippen LogP contribution is -2.27. The van der Waals surface area contributed by atoms with Gasteiger partial charge >= 0.3 is 0 Å². The van der Waals surface area contributed by atoms with E-state index in [1.54, 1.807) is 12.4 Å². The summed E-state index contributed by atoms with van der Waals surface area (Å²) in [6.07, 6.45) is 3.36. The average Bonchev–Trinajstić information content (AvgIpc) is 2.48. The number of rotatable bonds is 6. The molecule has 1 aromatic carbocycles. The van der Waals surface area contributed by atoms with Gasteiger partial charge in [-0.15, -0.1) is 0 Å². The monoisotopic (exact) mass is 258 g/mol. The summed E-state index contributed by atoms with van der Waals surface area (Å²) in [6.45, 7) is 1.23. The maximum Gasteiger partial charge on any atom is 0.0717 e. The molecule has 0 unspecified atom stereocenters. The number of hydrogen-bond acceptors (Lipinski definition) is 4. The number of aliphatic hydroxyl groups is 2. The van der Waals surface area contributed by atoms with E-state index < -0.39 is 0 Å². The predicted octanol–water partition coefficient (Wildman–Crippen LogP) is 1.57. The molecule has 0 spiro atoms. The molecule has 2 N–H and O–H groups in total. The number of pyridine rings is 1. The van der Waals surface area contributed by atoms with Gasteiger partial charge in [0.05, 0.1) is 13.2 Å². The van der Waals surface area contributed by atoms with Gasteiger partial charge in [-0.25, -0.2) is 0 Å². The fourth-order valence-corrected chi connectivity index (χ4v) is 2.06. The minimum atomic E-state index is -0.0557. The fourth-order valence-electron chi connectivity index (χ4n) is 2.06. The molecule has 2 aromatic rings. The fraction of sp³-hybridized carbons (Fsp3) is 0.267. The molecule has 0 saturated heterocycles. The van der Waals surface area contributed by atoms with Gasteiger partial charge in [0.1, 0.15) is 0 Å². The molecule has 0 atom stereocenters. The van der Waals surface area contributed by atoms with Crippen molar-refractivity contribution in [2.45, 2.75) is 13.2 Å². The molecule has 2 rings (SSSR count). The molecule has 19 heavy (non-hydrogen) atoms. The van der Waals surface area contributed by atoms with Crippen LogP contribution in [0.5, 0.6) is 0 Å². The third-order valence-corrected chi connectivity index (χ3v) is 2.98. The first-order chi connectivity index (χ1) is 9.35. The third kappa shape index (κ3) is 3.53. The van der Waals surface area contributed by atoms with E-state index in [9.17, 15) is 10.2 Å². The molecule has 0 saturated carbocycles. The summed E-state index contributed by atoms with van der Waals surface area (Å²) in [4.78, 5) is 6.06. The van der Waals surface area contributed by atoms with Crippen molar-refractivity contribution in [3.8, 4) is 0 Å². The van der Waals surface area contributed by atoms with Gasteiger partial charge < -0.3 is 15.1 Å². The van der Waals surface area contributed by atoms with Crippen molar-refractivity contribution in [2.24, 2.45) is 0 Å². The van der Waals surface area contributed by atoms with Crippen LogP contribution in [0, 0.1) is 0 Å². The Hall–Kier alpha value is -1.91. The number of nitrogens with zero attached hydrogens (tertiary/aromatic N) is 2. The van der Waals surface area contributed by atoms with Gasteiger partial charge in [-0.1, -0.05) is 30.3 Å². The van der Waals surface area contributed by atoms with Crippen molar-refractivity contribution in [3.05, 3.63) is 59.9 Å². The molecule has 0 aliphatic heterocycles. The summed E-state index contributed by atoms with van der Waals surface area (Å²) in [5.41, 5.74) is 2.85. The highest BCUT2D eigenvalue weighted by Gasteiger charge is 2.11. The number of aliphatic hydroxyl groups excluding tert-OH is 2. The Labute approximate surface area is 113 Å². The van der Waals surface area contributed by atoms with Crippen LogP contribution in [0.25, 0.3) is 0 Å². The lowest BCUT2D eigenvalue weighted by atomic mass is 10.1. The van der Waals surface area contributed by atoms with Crippen LogP contribution in [0.3, 0.4) is 0 Å². The van der Waals surface area contributed by atoms with Crippen molar-refractivity contribution >= 4 is 5.69 Å². The van der Waals surface area contributed by atoms with E-state index in [1.165, 1.54) is 0 Å². The lowest BCUT2D eigenvalue weighted by molar-refractivity contribution is 0.280. The van der Waals surface area contributed by atoms with Crippen LogP contribution in [0.1, 0.15) is 11.1 Å². The van der Waals surface area contributed by atoms with Crippen molar-refractivity contribution in [3.63, 3.8) is 0 Å². The van der Waals surface area contributed by atoms with Gasteiger partial charge in [0.25, 0.3) is 0 Å². The van der Waals surface area contributed by atoms with E-state index in [1.807, 2.05) is 41.3 Å². The largest absolute Gasteiger partial charge is 0.395 e. The molecule has 100 valence electrons. The lowest BCUT2D eigenvalue weighted by Gasteiger charge is -2.26. The first-order valence-corrected chi connectivity index (χ1v) is 6.28. The smallest absolute Gasteiger partial charge is 0.0717 e. The molecule has 0 radical (unpaired) electrons. The Morgan fingerprint density at radius 2 is 1.84 bits per heavy atom. The second kappa shape index (κ2) is 6.87. The highest BCUT2D eigenvalue weighted by molar-refractivity contribution is 5.52. The van der Waals surface area contributed by atoms with Crippen molar-refractivity contribution in [1.29, 1.82) is 0 Å². The molecule has 0 bridgehead atoms. The Morgan fingerprint density at radius 1 is 1.05 bits per heavy atom. The minimum absolute atomic E-state index is 0.0557. The Balaban J connectivity index is 2.24. The highest BCUT2D eigenvalue weighted by Crippen LogP contribution is 2.21. The SMILES string of the molecule is OCCN(Cc1ccccc1)c1ccncc1CO. The topological polar surface area (TPSA) is 56.6 Å². The minimum Gasteiger partial charge on any atom is -0.395 e. The molecule has 4 heteroatoms. The van der Waals surface area contributed by atoms with Crippen molar-refractivity contribution < 1.29 is 10.2 Å². The zero-order chi connectivity index (χ0) is 13.5. The Morgan fingerprint density at radius 3 is 2.53 bits per heavy atom. The van der Waals surface area contributed by atoms with Crippen LogP contribution in [0.2, 0.25) is 0 Å². The number of anilines is 1. The average molecular weight is 258 g/mol. The second-order valence-electron chi connectivity index (χ2n) is 4.29. The quantitative estimate of drug-likeness (QED) is 0.826. The third-order valence-electron chi connectivity index (χ3n) is 2.98. The zero-order valence-electron chi connectivity index (χ0n) is 10.7. The molecule has 0 aliphatic carbocycles. The Bertz CT molecular complexity index is 503. The summed E-state index contributed by atoms with van der Waals surface area (Å²) < 4.78 is 0. The molecule has 1 heterocycles. The van der Waals surface area contributed by atoms with Gasteiger partial charge in [0.15, 0.2) is 0 Å². The van der Waals surface area contributed by atoms with Crippen LogP contribution >= 0.6 is 0 Å². The van der Waals surface area contributed by atoms with Gasteiger partial charge in [0.2, 0.25) is 0 Å². The standard InChI is InChI=1S/C15H18N2O2/c18-9-8-17(11-13-4-2-1-3-5-13)15-6-7-16-10-14(15)12-19/h1-7,10,18-19H,8-9,11-12H2. The van der Waals surface area contributed by atoms with Crippen LogP contribution in [-0.4, -0.2) is 28.3 Å². The predicted molar refractivity (Wildman–Crippen MR) is 74.7 cm³/mol. The molecular formula is C15H18N2O2. The summed E-state index contributed by atoms with van der Waals surface area (Å²) in [6, 6.07) is 11.9. The normalized spacial score (nSPS) is 10.4. The van der Waals surface area contributed by atoms with E-state index in [0.717, 1.165) is 16.8 Å². The van der Waals surface area contributed by atoms with Crippen molar-refractivity contribution in [2.75, 3.05) is 18.1 Å². The van der Waals surface area contributed by atoms with Crippen LogP contribution in [0.4, 0.5) is 5.69 Å². The van der Waals surface area contributed by atoms with Gasteiger partial charge in [-0.3, -0.25) is 4.98 Å². The number of benzene rings is 1. The molecule has 4 nitrogen and oxygen atoms in total. The van der Waals surface area contributed by atoms with Crippen LogP contribution in [0.15, 0.2) is 48.8 Å². The molecule has 1 aromatic heterocycles. The maximum atomic E-state index is 9.37. The summed E-state index contributed by atoms with van der Waals surface area (Å²) in [7, 11) is 0. The van der Waals surface area contributed by atoms with E-state index in [4.69, 9.17) is 0 Å². The number of hydrogen-bond donors (Lipinski definition) is 2. The van der Waals surface area contributed by atoms with Crippen LogP contribution < -0.4 is 4.90 Å². The second-order valence-corrected chi connectivity index (χ2v) is 4.29. The summed E-state index contributed by atoms with van der Waals surface area (Å²) >= 11 is 0. The van der Waals surface area contributed by atoms with Gasteiger partial charge in [-0.05, 0) is 11.6 Å². The van der Waals surface area contributed by atoms with E-state index in [-0.39, 0.29) is 13.2 Å². The van der Waals surface area contributed by atoms with Gasteiger partial charge in [-0.2, -0.15) is 0 Å². The van der Waals surface area contributed by atoms with Crippen LogP contribution in [-0.2, 0) is 13.2 Å². The molecule has 0 fully saturated rings. The van der Waals surface area contributed by atoms with E-state index in [2.05, 4.69) is 4.98 Å².